The summed E-state index contributed by atoms with van der Waals surface area (Å²) in [5, 5.41) is 12.8. The van der Waals surface area contributed by atoms with E-state index in [1.807, 2.05) is 6.07 Å². The molecule has 2 aromatic heterocycles. The van der Waals surface area contributed by atoms with Gasteiger partial charge in [0.05, 0.1) is 5.56 Å². The number of carbonyl (C=O) groups is 1. The highest BCUT2D eigenvalue weighted by molar-refractivity contribution is 5.98. The molecule has 0 N–H and O–H groups in total. The number of piperidine rings is 1. The summed E-state index contributed by atoms with van der Waals surface area (Å²) in [6.45, 7) is 1.32. The van der Waals surface area contributed by atoms with Crippen molar-refractivity contribution in [2.75, 3.05) is 18.0 Å². The van der Waals surface area contributed by atoms with Gasteiger partial charge in [0.2, 0.25) is 0 Å². The first-order valence-corrected chi connectivity index (χ1v) is 10.1. The second-order valence-corrected chi connectivity index (χ2v) is 7.60. The van der Waals surface area contributed by atoms with Crippen LogP contribution in [0.1, 0.15) is 23.2 Å². The lowest BCUT2D eigenvalue weighted by molar-refractivity contribution is 0.0900. The lowest BCUT2D eigenvalue weighted by atomic mass is 9.89. The van der Waals surface area contributed by atoms with Crippen molar-refractivity contribution < 1.29 is 13.6 Å². The Morgan fingerprint density at radius 1 is 0.903 bits per heavy atom. The topological polar surface area (TPSA) is 63.4 Å². The quantitative estimate of drug-likeness (QED) is 0.465. The van der Waals surface area contributed by atoms with E-state index in [2.05, 4.69) is 20.2 Å². The van der Waals surface area contributed by atoms with Crippen LogP contribution < -0.4 is 4.90 Å². The normalized spacial score (nSPS) is 14.8. The Balaban J connectivity index is 1.35. The van der Waals surface area contributed by atoms with Crippen molar-refractivity contribution in [3.8, 4) is 11.4 Å². The fourth-order valence-electron chi connectivity index (χ4n) is 3.98. The fourth-order valence-corrected chi connectivity index (χ4v) is 3.98. The molecule has 2 aromatic carbocycles. The first-order valence-electron chi connectivity index (χ1n) is 10.1. The van der Waals surface area contributed by atoms with Crippen LogP contribution in [0.25, 0.3) is 17.0 Å². The number of benzene rings is 2. The van der Waals surface area contributed by atoms with Gasteiger partial charge in [-0.25, -0.2) is 8.78 Å². The van der Waals surface area contributed by atoms with Gasteiger partial charge in [0, 0.05) is 24.6 Å². The molecular weight excluding hydrogens is 400 g/mol. The van der Waals surface area contributed by atoms with Gasteiger partial charge >= 0.3 is 0 Å². The number of anilines is 1. The zero-order chi connectivity index (χ0) is 21.4. The van der Waals surface area contributed by atoms with Gasteiger partial charge < -0.3 is 4.90 Å². The van der Waals surface area contributed by atoms with E-state index in [4.69, 9.17) is 0 Å². The van der Waals surface area contributed by atoms with Gasteiger partial charge in [0.15, 0.2) is 17.3 Å². The summed E-state index contributed by atoms with van der Waals surface area (Å²) in [5.74, 6) is 0.271. The molecule has 1 aliphatic heterocycles. The van der Waals surface area contributed by atoms with E-state index < -0.39 is 0 Å². The van der Waals surface area contributed by atoms with Crippen LogP contribution >= 0.6 is 0 Å². The molecule has 8 heteroatoms. The number of hydrogen-bond acceptors (Lipinski definition) is 5. The fraction of sp³-hybridized carbons (Fsp3) is 0.217. The van der Waals surface area contributed by atoms with Crippen LogP contribution in [-0.2, 0) is 0 Å². The van der Waals surface area contributed by atoms with E-state index in [1.165, 1.54) is 30.3 Å². The van der Waals surface area contributed by atoms with E-state index in [9.17, 15) is 13.6 Å². The van der Waals surface area contributed by atoms with Gasteiger partial charge in [-0.2, -0.15) is 4.52 Å². The van der Waals surface area contributed by atoms with Crippen LogP contribution in [0.5, 0.6) is 0 Å². The highest BCUT2D eigenvalue weighted by atomic mass is 19.1. The molecule has 1 fully saturated rings. The number of aromatic nitrogens is 4. The minimum Gasteiger partial charge on any atom is -0.355 e. The molecule has 1 saturated heterocycles. The largest absolute Gasteiger partial charge is 0.355 e. The van der Waals surface area contributed by atoms with Gasteiger partial charge in [-0.15, -0.1) is 15.3 Å². The zero-order valence-corrected chi connectivity index (χ0v) is 16.6. The Kier molecular flexibility index (Phi) is 4.89. The predicted octanol–water partition coefficient (Wildman–Crippen LogP) is 4.17. The number of halogens is 2. The molecule has 5 rings (SSSR count). The molecule has 1 aliphatic rings. The summed E-state index contributed by atoms with van der Waals surface area (Å²) in [6.07, 6.45) is 1.36. The first kappa shape index (κ1) is 19.3. The second-order valence-electron chi connectivity index (χ2n) is 7.60. The third-order valence-electron chi connectivity index (χ3n) is 5.68. The van der Waals surface area contributed by atoms with E-state index in [1.54, 1.807) is 28.8 Å². The van der Waals surface area contributed by atoms with E-state index >= 15 is 0 Å². The average Bonchev–Trinajstić information content (AvgIpc) is 3.23. The van der Waals surface area contributed by atoms with Gasteiger partial charge in [-0.05, 0) is 61.4 Å². The van der Waals surface area contributed by atoms with Crippen LogP contribution in [0.3, 0.4) is 0 Å². The highest BCUT2D eigenvalue weighted by Gasteiger charge is 2.27. The molecule has 0 spiro atoms. The van der Waals surface area contributed by atoms with Gasteiger partial charge in [0.25, 0.3) is 0 Å². The molecule has 31 heavy (non-hydrogen) atoms. The Morgan fingerprint density at radius 2 is 1.65 bits per heavy atom. The average molecular weight is 419 g/mol. The Morgan fingerprint density at radius 3 is 2.39 bits per heavy atom. The molecule has 0 radical (unpaired) electrons. The van der Waals surface area contributed by atoms with Crippen molar-refractivity contribution in [3.05, 3.63) is 77.9 Å². The third-order valence-corrected chi connectivity index (χ3v) is 5.68. The maximum Gasteiger partial charge on any atom is 0.188 e. The number of ketones is 1. The molecule has 0 atom stereocenters. The van der Waals surface area contributed by atoms with E-state index in [0.29, 0.717) is 48.5 Å². The maximum atomic E-state index is 14.2. The summed E-state index contributed by atoms with van der Waals surface area (Å²) in [7, 11) is 0. The number of hydrogen-bond donors (Lipinski definition) is 0. The van der Waals surface area contributed by atoms with Gasteiger partial charge in [-0.1, -0.05) is 12.1 Å². The minimum absolute atomic E-state index is 0.0451. The molecule has 156 valence electrons. The molecule has 3 heterocycles. The second kappa shape index (κ2) is 7.86. The summed E-state index contributed by atoms with van der Waals surface area (Å²) < 4.78 is 28.9. The predicted molar refractivity (Wildman–Crippen MR) is 112 cm³/mol. The van der Waals surface area contributed by atoms with Crippen molar-refractivity contribution in [1.82, 2.24) is 19.8 Å². The van der Waals surface area contributed by atoms with Crippen LogP contribution in [0.15, 0.2) is 60.7 Å². The smallest absolute Gasteiger partial charge is 0.188 e. The summed E-state index contributed by atoms with van der Waals surface area (Å²) in [6, 6.07) is 15.8. The van der Waals surface area contributed by atoms with Gasteiger partial charge in [0.1, 0.15) is 17.5 Å². The molecule has 0 saturated carbocycles. The zero-order valence-electron chi connectivity index (χ0n) is 16.6. The molecule has 0 unspecified atom stereocenters. The van der Waals surface area contributed by atoms with Crippen molar-refractivity contribution >= 4 is 17.2 Å². The number of carbonyl (C=O) groups excluding carboxylic acids is 1. The number of rotatable bonds is 4. The van der Waals surface area contributed by atoms with Crippen LogP contribution in [0.4, 0.5) is 14.6 Å². The number of fused-ring (bicyclic) bond motifs is 1. The SMILES string of the molecule is O=C(c1ccc(F)cc1)C1CCN(c2ccc3nnc(-c4ccccc4F)n3n2)CC1. The monoisotopic (exact) mass is 419 g/mol. The standard InChI is InChI=1S/C23H19F2N5O/c24-17-7-5-15(6-8-17)22(31)16-11-13-29(14-12-16)21-10-9-20-26-27-23(30(20)28-21)18-3-1-2-4-19(18)25/h1-10,16H,11-14H2. The first-order chi connectivity index (χ1) is 15.1. The van der Waals surface area contributed by atoms with E-state index in [-0.39, 0.29) is 23.3 Å². The molecule has 0 aliphatic carbocycles. The van der Waals surface area contributed by atoms with Crippen LogP contribution in [0, 0.1) is 17.6 Å². The number of nitrogens with zero attached hydrogens (tertiary/aromatic N) is 5. The van der Waals surface area contributed by atoms with Crippen molar-refractivity contribution in [2.45, 2.75) is 12.8 Å². The summed E-state index contributed by atoms with van der Waals surface area (Å²) in [4.78, 5) is 14.8. The summed E-state index contributed by atoms with van der Waals surface area (Å²) >= 11 is 0. The third kappa shape index (κ3) is 3.65. The van der Waals surface area contributed by atoms with E-state index in [0.717, 1.165) is 5.82 Å². The maximum absolute atomic E-state index is 14.2. The van der Waals surface area contributed by atoms with Crippen LogP contribution in [-0.4, -0.2) is 38.7 Å². The molecule has 4 aromatic rings. The lowest BCUT2D eigenvalue weighted by Crippen LogP contribution is -2.37. The molecule has 0 bridgehead atoms. The Labute approximate surface area is 177 Å². The minimum atomic E-state index is -0.385. The molecule has 6 nitrogen and oxygen atoms in total. The summed E-state index contributed by atoms with van der Waals surface area (Å²) in [5.41, 5.74) is 1.41. The Bertz CT molecular complexity index is 1250. The molecular formula is C23H19F2N5O. The van der Waals surface area contributed by atoms with Crippen molar-refractivity contribution in [2.24, 2.45) is 5.92 Å². The molecule has 0 amide bonds. The lowest BCUT2D eigenvalue weighted by Gasteiger charge is -2.32. The highest BCUT2D eigenvalue weighted by Crippen LogP contribution is 2.26. The van der Waals surface area contributed by atoms with Gasteiger partial charge in [-0.3, -0.25) is 4.79 Å². The number of Topliss-reactive ketones (excluding diaryl/α,β-unsaturated/α-hetero) is 1. The van der Waals surface area contributed by atoms with Crippen LogP contribution in [0.2, 0.25) is 0 Å². The van der Waals surface area contributed by atoms with Crippen molar-refractivity contribution in [3.63, 3.8) is 0 Å². The Hall–Kier alpha value is -3.68. The van der Waals surface area contributed by atoms with Crippen molar-refractivity contribution in [1.29, 1.82) is 0 Å².